The zero-order valence-corrected chi connectivity index (χ0v) is 18.2. The average molecular weight is 452 g/mol. The second-order valence-corrected chi connectivity index (χ2v) is 8.57. The fourth-order valence-corrected chi connectivity index (χ4v) is 5.15. The number of amides is 3. The molecule has 0 aliphatic carbocycles. The van der Waals surface area contributed by atoms with Crippen molar-refractivity contribution in [3.05, 3.63) is 65.2 Å². The van der Waals surface area contributed by atoms with Gasteiger partial charge in [-0.05, 0) is 35.9 Å². The van der Waals surface area contributed by atoms with Crippen molar-refractivity contribution in [2.24, 2.45) is 11.8 Å². The topological polar surface area (TPSA) is 79.0 Å². The first-order valence-electron chi connectivity index (χ1n) is 10.5. The van der Waals surface area contributed by atoms with Crippen LogP contribution in [0.2, 0.25) is 5.02 Å². The molecule has 3 amide bonds. The van der Waals surface area contributed by atoms with E-state index in [1.54, 1.807) is 24.3 Å². The molecule has 2 saturated heterocycles. The van der Waals surface area contributed by atoms with Gasteiger partial charge in [0.2, 0.25) is 17.7 Å². The normalized spacial score (nSPS) is 25.6. The first kappa shape index (κ1) is 20.7. The van der Waals surface area contributed by atoms with Gasteiger partial charge in [-0.1, -0.05) is 42.0 Å². The lowest BCUT2D eigenvalue weighted by Crippen LogP contribution is -2.50. The number of halogens is 1. The van der Waals surface area contributed by atoms with Gasteiger partial charge in [0.05, 0.1) is 31.0 Å². The van der Waals surface area contributed by atoms with Crippen LogP contribution in [0.15, 0.2) is 54.6 Å². The molecule has 8 heteroatoms. The van der Waals surface area contributed by atoms with Crippen LogP contribution in [0.3, 0.4) is 0 Å². The number of anilines is 2. The standard InChI is InChI=1S/C24H22ClN3O4/c1-32-13-12-27-23(30)19-18-11-6-14-4-2-3-5-17(14)28(18)21(20(19)24(27)31)22(29)26-16-9-7-15(25)8-10-16/h2-11,18-21H,12-13H2,1H3,(H,26,29)/t18-,19-,20+,21-/m0/s1. The number of ether oxygens (including phenoxy) is 1. The molecule has 3 heterocycles. The third-order valence-electron chi connectivity index (χ3n) is 6.41. The van der Waals surface area contributed by atoms with Crippen molar-refractivity contribution in [3.63, 3.8) is 0 Å². The molecule has 2 aromatic rings. The van der Waals surface area contributed by atoms with Crippen molar-refractivity contribution in [1.29, 1.82) is 0 Å². The highest BCUT2D eigenvalue weighted by Crippen LogP contribution is 2.48. The summed E-state index contributed by atoms with van der Waals surface area (Å²) in [7, 11) is 1.52. The number of rotatable bonds is 5. The van der Waals surface area contributed by atoms with E-state index in [4.69, 9.17) is 16.3 Å². The van der Waals surface area contributed by atoms with E-state index < -0.39 is 17.9 Å². The molecule has 1 N–H and O–H groups in total. The van der Waals surface area contributed by atoms with Crippen molar-refractivity contribution < 1.29 is 19.1 Å². The van der Waals surface area contributed by atoms with Crippen LogP contribution in [0.1, 0.15) is 5.56 Å². The van der Waals surface area contributed by atoms with E-state index in [0.29, 0.717) is 10.7 Å². The van der Waals surface area contributed by atoms with Crippen LogP contribution < -0.4 is 10.2 Å². The monoisotopic (exact) mass is 451 g/mol. The number of fused-ring (bicyclic) bond motifs is 5. The van der Waals surface area contributed by atoms with Gasteiger partial charge in [0.25, 0.3) is 0 Å². The summed E-state index contributed by atoms with van der Waals surface area (Å²) in [6, 6.07) is 13.3. The molecule has 3 aliphatic rings. The van der Waals surface area contributed by atoms with Gasteiger partial charge in [0, 0.05) is 23.5 Å². The first-order chi connectivity index (χ1) is 15.5. The predicted molar refractivity (Wildman–Crippen MR) is 121 cm³/mol. The Hall–Kier alpha value is -3.16. The Kier molecular flexibility index (Phi) is 5.23. The van der Waals surface area contributed by atoms with Gasteiger partial charge in [-0.3, -0.25) is 19.3 Å². The molecule has 5 rings (SSSR count). The summed E-state index contributed by atoms with van der Waals surface area (Å²) in [6.07, 6.45) is 3.89. The Balaban J connectivity index is 1.55. The summed E-state index contributed by atoms with van der Waals surface area (Å²) in [5.74, 6) is -2.30. The van der Waals surface area contributed by atoms with Gasteiger partial charge >= 0.3 is 0 Å². The zero-order valence-electron chi connectivity index (χ0n) is 17.4. The third kappa shape index (κ3) is 3.20. The Morgan fingerprint density at radius 2 is 1.78 bits per heavy atom. The molecule has 4 atom stereocenters. The lowest BCUT2D eigenvalue weighted by molar-refractivity contribution is -0.141. The highest BCUT2D eigenvalue weighted by atomic mass is 35.5. The molecule has 0 saturated carbocycles. The molecule has 3 aliphatic heterocycles. The zero-order chi connectivity index (χ0) is 22.4. The molecule has 2 fully saturated rings. The van der Waals surface area contributed by atoms with Crippen molar-refractivity contribution in [2.75, 3.05) is 30.5 Å². The average Bonchev–Trinajstić information content (AvgIpc) is 3.27. The summed E-state index contributed by atoms with van der Waals surface area (Å²) in [4.78, 5) is 43.4. The highest BCUT2D eigenvalue weighted by Gasteiger charge is 2.63. The van der Waals surface area contributed by atoms with Crippen LogP contribution in [0.4, 0.5) is 11.4 Å². The van der Waals surface area contributed by atoms with Gasteiger partial charge in [0.1, 0.15) is 6.04 Å². The molecule has 164 valence electrons. The van der Waals surface area contributed by atoms with E-state index in [-0.39, 0.29) is 36.9 Å². The van der Waals surface area contributed by atoms with Crippen LogP contribution in [0, 0.1) is 11.8 Å². The quantitative estimate of drug-likeness (QED) is 0.707. The number of benzene rings is 2. The van der Waals surface area contributed by atoms with Crippen LogP contribution in [0.5, 0.6) is 0 Å². The van der Waals surface area contributed by atoms with Crippen LogP contribution in [0.25, 0.3) is 6.08 Å². The van der Waals surface area contributed by atoms with Gasteiger partial charge < -0.3 is 15.0 Å². The number of carbonyl (C=O) groups excluding carboxylic acids is 3. The summed E-state index contributed by atoms with van der Waals surface area (Å²) in [5, 5.41) is 3.47. The highest BCUT2D eigenvalue weighted by molar-refractivity contribution is 6.30. The van der Waals surface area contributed by atoms with Gasteiger partial charge in [-0.25, -0.2) is 0 Å². The maximum Gasteiger partial charge on any atom is 0.247 e. The number of nitrogens with one attached hydrogen (secondary N) is 1. The minimum absolute atomic E-state index is 0.180. The second kappa shape index (κ2) is 8.07. The van der Waals surface area contributed by atoms with Crippen LogP contribution in [-0.4, -0.2) is 55.0 Å². The molecule has 32 heavy (non-hydrogen) atoms. The number of carbonyl (C=O) groups is 3. The lowest BCUT2D eigenvalue weighted by atomic mass is 9.88. The first-order valence-corrected chi connectivity index (χ1v) is 10.8. The molecule has 0 unspecified atom stereocenters. The summed E-state index contributed by atoms with van der Waals surface area (Å²) in [5.41, 5.74) is 2.37. The molecule has 0 radical (unpaired) electrons. The Morgan fingerprint density at radius 3 is 2.53 bits per heavy atom. The Bertz CT molecular complexity index is 1120. The number of imide groups is 1. The number of para-hydroxylation sites is 1. The number of hydrogen-bond donors (Lipinski definition) is 1. The number of nitrogens with zero attached hydrogens (tertiary/aromatic N) is 2. The maximum atomic E-state index is 13.6. The van der Waals surface area contributed by atoms with Crippen molar-refractivity contribution in [1.82, 2.24) is 4.90 Å². The fourth-order valence-electron chi connectivity index (χ4n) is 5.03. The van der Waals surface area contributed by atoms with E-state index in [1.807, 2.05) is 41.3 Å². The minimum atomic E-state index is -0.823. The molecule has 0 aromatic heterocycles. The SMILES string of the molecule is COCCN1C(=O)[C@@H]2[C@@H](C1=O)[C@@H]1C=Cc3ccccc3N1[C@@H]2C(=O)Nc1ccc(Cl)cc1. The Labute approximate surface area is 190 Å². The van der Waals surface area contributed by atoms with Gasteiger partial charge in [0.15, 0.2) is 0 Å². The summed E-state index contributed by atoms with van der Waals surface area (Å²) >= 11 is 5.96. The second-order valence-electron chi connectivity index (χ2n) is 8.13. The predicted octanol–water partition coefficient (Wildman–Crippen LogP) is 2.81. The van der Waals surface area contributed by atoms with Crippen molar-refractivity contribution in [3.8, 4) is 0 Å². The van der Waals surface area contributed by atoms with E-state index in [0.717, 1.165) is 11.3 Å². The van der Waals surface area contributed by atoms with Crippen molar-refractivity contribution in [2.45, 2.75) is 12.1 Å². The largest absolute Gasteiger partial charge is 0.383 e. The lowest BCUT2D eigenvalue weighted by Gasteiger charge is -2.36. The molecule has 7 nitrogen and oxygen atoms in total. The molecule has 0 bridgehead atoms. The summed E-state index contributed by atoms with van der Waals surface area (Å²) < 4.78 is 5.08. The Morgan fingerprint density at radius 1 is 1.06 bits per heavy atom. The van der Waals surface area contributed by atoms with Gasteiger partial charge in [-0.2, -0.15) is 0 Å². The van der Waals surface area contributed by atoms with E-state index >= 15 is 0 Å². The van der Waals surface area contributed by atoms with Crippen molar-refractivity contribution >= 4 is 46.8 Å². The number of hydrogen-bond acceptors (Lipinski definition) is 5. The van der Waals surface area contributed by atoms with Gasteiger partial charge in [-0.15, -0.1) is 0 Å². The summed E-state index contributed by atoms with van der Waals surface area (Å²) in [6.45, 7) is 0.436. The smallest absolute Gasteiger partial charge is 0.247 e. The maximum absolute atomic E-state index is 13.6. The number of methoxy groups -OCH3 is 1. The van der Waals surface area contributed by atoms with E-state index in [2.05, 4.69) is 5.32 Å². The van der Waals surface area contributed by atoms with Crippen LogP contribution in [-0.2, 0) is 19.1 Å². The molecular weight excluding hydrogens is 430 g/mol. The third-order valence-corrected chi connectivity index (χ3v) is 6.66. The molecule has 2 aromatic carbocycles. The van der Waals surface area contributed by atoms with E-state index in [1.165, 1.54) is 12.0 Å². The minimum Gasteiger partial charge on any atom is -0.383 e. The molecule has 0 spiro atoms. The molecular formula is C24H22ClN3O4. The van der Waals surface area contributed by atoms with Crippen LogP contribution >= 0.6 is 11.6 Å². The van der Waals surface area contributed by atoms with E-state index in [9.17, 15) is 14.4 Å². The number of likely N-dealkylation sites (tertiary alicyclic amines) is 1. The fraction of sp³-hybridized carbons (Fsp3) is 0.292.